The zero-order valence-electron chi connectivity index (χ0n) is 16.1. The predicted molar refractivity (Wildman–Crippen MR) is 105 cm³/mol. The number of hydrogen-bond donors (Lipinski definition) is 2. The number of carbonyl (C=O) groups excluding carboxylic acids is 1. The number of nitrogens with zero attached hydrogens (tertiary/aromatic N) is 6. The molecule has 0 aliphatic carbocycles. The van der Waals surface area contributed by atoms with E-state index in [0.29, 0.717) is 18.1 Å². The standard InChI is InChI=1S/C17H20BrN7O3/c1-8-13(18)10(3)24(20-8)7-25-11(4)14(9(2)21-25)19-16(26)15-12(17(27)28)6-23(5)22-15/h6H,7H2,1-5H3,(H,19,26)(H,27,28). The van der Waals surface area contributed by atoms with Gasteiger partial charge < -0.3 is 10.4 Å². The molecular formula is C17H20BrN7O3. The van der Waals surface area contributed by atoms with Gasteiger partial charge in [0.15, 0.2) is 5.69 Å². The summed E-state index contributed by atoms with van der Waals surface area (Å²) in [5.41, 5.74) is 3.40. The Hall–Kier alpha value is -2.95. The van der Waals surface area contributed by atoms with Crippen molar-refractivity contribution in [2.75, 3.05) is 5.32 Å². The summed E-state index contributed by atoms with van der Waals surface area (Å²) in [6, 6.07) is 0. The molecule has 0 spiro atoms. The largest absolute Gasteiger partial charge is 0.478 e. The third-order valence-corrected chi connectivity index (χ3v) is 5.60. The summed E-state index contributed by atoms with van der Waals surface area (Å²) in [5.74, 6) is -1.81. The number of anilines is 1. The van der Waals surface area contributed by atoms with Gasteiger partial charge >= 0.3 is 5.97 Å². The van der Waals surface area contributed by atoms with Crippen LogP contribution in [0.2, 0.25) is 0 Å². The number of aromatic nitrogens is 6. The molecule has 11 heteroatoms. The van der Waals surface area contributed by atoms with Gasteiger partial charge in [-0.2, -0.15) is 15.3 Å². The van der Waals surface area contributed by atoms with Crippen LogP contribution in [0.4, 0.5) is 5.69 Å². The number of aryl methyl sites for hydroxylation is 3. The van der Waals surface area contributed by atoms with Crippen molar-refractivity contribution in [2.45, 2.75) is 34.4 Å². The first kappa shape index (κ1) is 19.8. The maximum Gasteiger partial charge on any atom is 0.339 e. The van der Waals surface area contributed by atoms with Gasteiger partial charge in [0, 0.05) is 13.2 Å². The number of rotatable bonds is 5. The van der Waals surface area contributed by atoms with E-state index in [1.165, 1.54) is 10.9 Å². The van der Waals surface area contributed by atoms with E-state index in [-0.39, 0.29) is 11.3 Å². The Morgan fingerprint density at radius 1 is 1.07 bits per heavy atom. The Bertz CT molecular complexity index is 1090. The number of carbonyl (C=O) groups is 2. The van der Waals surface area contributed by atoms with Gasteiger partial charge in [-0.1, -0.05) is 0 Å². The quantitative estimate of drug-likeness (QED) is 0.616. The summed E-state index contributed by atoms with van der Waals surface area (Å²) in [4.78, 5) is 23.9. The maximum absolute atomic E-state index is 12.6. The van der Waals surface area contributed by atoms with Gasteiger partial charge in [-0.15, -0.1) is 0 Å². The highest BCUT2D eigenvalue weighted by molar-refractivity contribution is 9.10. The van der Waals surface area contributed by atoms with Crippen LogP contribution in [0, 0.1) is 27.7 Å². The lowest BCUT2D eigenvalue weighted by Crippen LogP contribution is -2.18. The minimum atomic E-state index is -1.21. The fourth-order valence-corrected chi connectivity index (χ4v) is 3.22. The molecule has 3 heterocycles. The van der Waals surface area contributed by atoms with Crippen LogP contribution in [0.25, 0.3) is 0 Å². The van der Waals surface area contributed by atoms with E-state index >= 15 is 0 Å². The summed E-state index contributed by atoms with van der Waals surface area (Å²) >= 11 is 3.50. The second-order valence-electron chi connectivity index (χ2n) is 6.50. The van der Waals surface area contributed by atoms with Crippen LogP contribution in [0.5, 0.6) is 0 Å². The fraction of sp³-hybridized carbons (Fsp3) is 0.353. The molecule has 3 aromatic rings. The summed E-state index contributed by atoms with van der Waals surface area (Å²) in [6.45, 7) is 7.84. The first-order valence-electron chi connectivity index (χ1n) is 8.42. The lowest BCUT2D eigenvalue weighted by atomic mass is 10.2. The van der Waals surface area contributed by atoms with E-state index in [2.05, 4.69) is 36.5 Å². The van der Waals surface area contributed by atoms with Crippen molar-refractivity contribution in [2.24, 2.45) is 7.05 Å². The van der Waals surface area contributed by atoms with E-state index in [9.17, 15) is 14.7 Å². The lowest BCUT2D eigenvalue weighted by Gasteiger charge is -2.08. The van der Waals surface area contributed by atoms with Crippen molar-refractivity contribution in [3.05, 3.63) is 44.7 Å². The molecule has 2 N–H and O–H groups in total. The number of hydrogen-bond acceptors (Lipinski definition) is 5. The van der Waals surface area contributed by atoms with Gasteiger partial charge in [0.05, 0.1) is 32.9 Å². The first-order valence-corrected chi connectivity index (χ1v) is 9.21. The predicted octanol–water partition coefficient (Wildman–Crippen LogP) is 2.27. The Morgan fingerprint density at radius 2 is 1.68 bits per heavy atom. The SMILES string of the molecule is Cc1nn(Cn2nc(C)c(NC(=O)c3nn(C)cc3C(=O)O)c2C)c(C)c1Br. The number of carboxylic acid groups (broad SMARTS) is 1. The minimum absolute atomic E-state index is 0.149. The molecule has 3 aromatic heterocycles. The van der Waals surface area contributed by atoms with Gasteiger partial charge in [-0.3, -0.25) is 9.48 Å². The van der Waals surface area contributed by atoms with Crippen molar-refractivity contribution in [3.63, 3.8) is 0 Å². The third kappa shape index (κ3) is 3.44. The topological polar surface area (TPSA) is 120 Å². The lowest BCUT2D eigenvalue weighted by molar-refractivity contribution is 0.0692. The Labute approximate surface area is 169 Å². The maximum atomic E-state index is 12.6. The van der Waals surface area contributed by atoms with Gasteiger partial charge in [0.2, 0.25) is 0 Å². The number of amides is 1. The van der Waals surface area contributed by atoms with E-state index in [4.69, 9.17) is 0 Å². The molecular weight excluding hydrogens is 430 g/mol. The van der Waals surface area contributed by atoms with Crippen LogP contribution in [0.1, 0.15) is 43.6 Å². The summed E-state index contributed by atoms with van der Waals surface area (Å²) in [5, 5.41) is 24.9. The molecule has 0 saturated carbocycles. The zero-order chi connectivity index (χ0) is 20.7. The van der Waals surface area contributed by atoms with Gasteiger partial charge in [-0.05, 0) is 43.6 Å². The van der Waals surface area contributed by atoms with Gasteiger partial charge in [-0.25, -0.2) is 14.2 Å². The molecule has 10 nitrogen and oxygen atoms in total. The molecule has 1 amide bonds. The summed E-state index contributed by atoms with van der Waals surface area (Å²) in [7, 11) is 1.56. The number of nitrogens with one attached hydrogen (secondary N) is 1. The molecule has 0 atom stereocenters. The van der Waals surface area contributed by atoms with Gasteiger partial charge in [0.25, 0.3) is 5.91 Å². The minimum Gasteiger partial charge on any atom is -0.478 e. The molecule has 148 valence electrons. The van der Waals surface area contributed by atoms with Crippen LogP contribution >= 0.6 is 15.9 Å². The van der Waals surface area contributed by atoms with Crippen molar-refractivity contribution < 1.29 is 14.7 Å². The summed E-state index contributed by atoms with van der Waals surface area (Å²) in [6.07, 6.45) is 1.29. The Morgan fingerprint density at radius 3 is 2.25 bits per heavy atom. The molecule has 0 radical (unpaired) electrons. The Balaban J connectivity index is 1.89. The number of halogens is 1. The molecule has 0 saturated heterocycles. The molecule has 0 aliphatic heterocycles. The number of carboxylic acids is 1. The first-order chi connectivity index (χ1) is 13.1. The number of aromatic carboxylic acids is 1. The van der Waals surface area contributed by atoms with Crippen molar-refractivity contribution in [3.8, 4) is 0 Å². The van der Waals surface area contributed by atoms with Crippen LogP contribution < -0.4 is 5.32 Å². The third-order valence-electron chi connectivity index (χ3n) is 4.46. The average Bonchev–Trinajstić information content (AvgIpc) is 3.22. The highest BCUT2D eigenvalue weighted by atomic mass is 79.9. The van der Waals surface area contributed by atoms with E-state index in [1.54, 1.807) is 18.7 Å². The molecule has 3 rings (SSSR count). The van der Waals surface area contributed by atoms with Crippen LogP contribution in [0.15, 0.2) is 10.7 Å². The van der Waals surface area contributed by atoms with Crippen LogP contribution in [0.3, 0.4) is 0 Å². The second-order valence-corrected chi connectivity index (χ2v) is 7.29. The van der Waals surface area contributed by atoms with Crippen LogP contribution in [-0.4, -0.2) is 46.3 Å². The molecule has 0 bridgehead atoms. The van der Waals surface area contributed by atoms with Gasteiger partial charge in [0.1, 0.15) is 12.2 Å². The highest BCUT2D eigenvalue weighted by Crippen LogP contribution is 2.23. The summed E-state index contributed by atoms with van der Waals surface area (Å²) < 4.78 is 5.78. The van der Waals surface area contributed by atoms with Crippen molar-refractivity contribution in [1.29, 1.82) is 0 Å². The van der Waals surface area contributed by atoms with E-state index in [0.717, 1.165) is 21.6 Å². The smallest absolute Gasteiger partial charge is 0.339 e. The fourth-order valence-electron chi connectivity index (χ4n) is 2.94. The average molecular weight is 450 g/mol. The monoisotopic (exact) mass is 449 g/mol. The highest BCUT2D eigenvalue weighted by Gasteiger charge is 2.23. The second kappa shape index (κ2) is 7.23. The van der Waals surface area contributed by atoms with Crippen molar-refractivity contribution >= 4 is 33.5 Å². The zero-order valence-corrected chi connectivity index (χ0v) is 17.7. The molecule has 0 aliphatic rings. The molecule has 28 heavy (non-hydrogen) atoms. The molecule has 0 unspecified atom stereocenters. The van der Waals surface area contributed by atoms with E-state index < -0.39 is 11.9 Å². The van der Waals surface area contributed by atoms with E-state index in [1.807, 2.05) is 25.5 Å². The Kier molecular flexibility index (Phi) is 5.11. The van der Waals surface area contributed by atoms with Crippen LogP contribution in [-0.2, 0) is 13.7 Å². The normalized spacial score (nSPS) is 11.1. The molecule has 0 fully saturated rings. The van der Waals surface area contributed by atoms with Crippen molar-refractivity contribution in [1.82, 2.24) is 29.3 Å². The molecule has 0 aromatic carbocycles.